The van der Waals surface area contributed by atoms with E-state index in [9.17, 15) is 9.59 Å². The summed E-state index contributed by atoms with van der Waals surface area (Å²) in [5, 5.41) is 5.88. The lowest BCUT2D eigenvalue weighted by Crippen LogP contribution is -2.32. The highest BCUT2D eigenvalue weighted by atomic mass is 16.2. The molecule has 1 amide bonds. The monoisotopic (exact) mass is 341 g/mol. The molecule has 1 aromatic carbocycles. The highest BCUT2D eigenvalue weighted by molar-refractivity contribution is 5.95. The standard InChI is InChI=1S/C18H23N5O2/c1-12-10-16(17(25)19-8-9-23(3)4)22-18(20-12)21-15-7-5-6-14(11-15)13(2)24/h5-7,10-11H,8-9H2,1-4H3,(H,19,25)(H,20,21,22). The quantitative estimate of drug-likeness (QED) is 0.749. The lowest BCUT2D eigenvalue weighted by Gasteiger charge is -2.11. The van der Waals surface area contributed by atoms with Crippen LogP contribution < -0.4 is 10.6 Å². The van der Waals surface area contributed by atoms with Crippen LogP contribution in [0.4, 0.5) is 11.6 Å². The summed E-state index contributed by atoms with van der Waals surface area (Å²) in [7, 11) is 3.89. The lowest BCUT2D eigenvalue weighted by molar-refractivity contribution is 0.0945. The van der Waals surface area contributed by atoms with Crippen molar-refractivity contribution >= 4 is 23.3 Å². The van der Waals surface area contributed by atoms with Gasteiger partial charge in [-0.25, -0.2) is 9.97 Å². The first-order valence-electron chi connectivity index (χ1n) is 8.02. The number of carbonyl (C=O) groups excluding carboxylic acids is 2. The van der Waals surface area contributed by atoms with Crippen molar-refractivity contribution < 1.29 is 9.59 Å². The van der Waals surface area contributed by atoms with E-state index in [2.05, 4.69) is 20.6 Å². The summed E-state index contributed by atoms with van der Waals surface area (Å²) in [4.78, 5) is 34.3. The minimum Gasteiger partial charge on any atom is -0.349 e. The molecule has 0 aliphatic rings. The first-order chi connectivity index (χ1) is 11.8. The third-order valence-electron chi connectivity index (χ3n) is 3.46. The van der Waals surface area contributed by atoms with E-state index in [1.807, 2.05) is 25.1 Å². The van der Waals surface area contributed by atoms with Crippen LogP contribution in [0.1, 0.15) is 33.5 Å². The number of anilines is 2. The van der Waals surface area contributed by atoms with Crippen molar-refractivity contribution in [3.63, 3.8) is 0 Å². The molecule has 0 aliphatic carbocycles. The van der Waals surface area contributed by atoms with Gasteiger partial charge < -0.3 is 15.5 Å². The summed E-state index contributed by atoms with van der Waals surface area (Å²) in [6, 6.07) is 8.71. The maximum atomic E-state index is 12.2. The molecule has 0 aliphatic heterocycles. The van der Waals surface area contributed by atoms with Crippen LogP contribution in [0.5, 0.6) is 0 Å². The Labute approximate surface area is 147 Å². The molecule has 7 heteroatoms. The fourth-order valence-corrected chi connectivity index (χ4v) is 2.17. The molecule has 0 spiro atoms. The summed E-state index contributed by atoms with van der Waals surface area (Å²) in [6.07, 6.45) is 0. The second-order valence-corrected chi connectivity index (χ2v) is 6.04. The SMILES string of the molecule is CC(=O)c1cccc(Nc2nc(C)cc(C(=O)NCCN(C)C)n2)c1. The van der Waals surface area contributed by atoms with Gasteiger partial charge in [0.15, 0.2) is 5.78 Å². The predicted octanol–water partition coefficient (Wildman–Crippen LogP) is 2.02. The normalized spacial score (nSPS) is 10.6. The zero-order valence-electron chi connectivity index (χ0n) is 15.0. The molecule has 25 heavy (non-hydrogen) atoms. The summed E-state index contributed by atoms with van der Waals surface area (Å²) in [5.74, 6) is 0.0566. The minimum absolute atomic E-state index is 0.0187. The Hall–Kier alpha value is -2.80. The van der Waals surface area contributed by atoms with Crippen molar-refractivity contribution in [2.45, 2.75) is 13.8 Å². The highest BCUT2D eigenvalue weighted by Gasteiger charge is 2.11. The molecule has 0 saturated heterocycles. The number of Topliss-reactive ketones (excluding diaryl/α,β-unsaturated/α-hetero) is 1. The van der Waals surface area contributed by atoms with Crippen molar-refractivity contribution in [3.05, 3.63) is 47.3 Å². The Morgan fingerprint density at radius 1 is 1.16 bits per heavy atom. The van der Waals surface area contributed by atoms with Gasteiger partial charge in [-0.2, -0.15) is 0 Å². The molecule has 2 aromatic rings. The molecule has 1 heterocycles. The molecule has 0 fully saturated rings. The van der Waals surface area contributed by atoms with Crippen molar-refractivity contribution in [3.8, 4) is 0 Å². The molecule has 2 N–H and O–H groups in total. The largest absolute Gasteiger partial charge is 0.349 e. The van der Waals surface area contributed by atoms with Gasteiger partial charge in [0.1, 0.15) is 5.69 Å². The van der Waals surface area contributed by atoms with E-state index in [4.69, 9.17) is 0 Å². The smallest absolute Gasteiger partial charge is 0.270 e. The Kier molecular flexibility index (Phi) is 6.19. The Bertz CT molecular complexity index is 774. The van der Waals surface area contributed by atoms with Crippen molar-refractivity contribution in [1.29, 1.82) is 0 Å². The molecule has 0 radical (unpaired) electrons. The first-order valence-corrected chi connectivity index (χ1v) is 8.02. The molecule has 7 nitrogen and oxygen atoms in total. The van der Waals surface area contributed by atoms with Gasteiger partial charge in [-0.15, -0.1) is 0 Å². The van der Waals surface area contributed by atoms with Crippen LogP contribution in [-0.2, 0) is 0 Å². The number of ketones is 1. The van der Waals surface area contributed by atoms with Crippen molar-refractivity contribution in [2.75, 3.05) is 32.5 Å². The van der Waals surface area contributed by atoms with Gasteiger partial charge in [0.25, 0.3) is 5.91 Å². The number of likely N-dealkylation sites (N-methyl/N-ethyl adjacent to an activating group) is 1. The van der Waals surface area contributed by atoms with Gasteiger partial charge in [0.2, 0.25) is 5.95 Å². The van der Waals surface area contributed by atoms with Crippen LogP contribution in [0.15, 0.2) is 30.3 Å². The van der Waals surface area contributed by atoms with Gasteiger partial charge >= 0.3 is 0 Å². The lowest BCUT2D eigenvalue weighted by atomic mass is 10.1. The van der Waals surface area contributed by atoms with E-state index < -0.39 is 0 Å². The molecule has 0 bridgehead atoms. The average Bonchev–Trinajstić information content (AvgIpc) is 2.54. The number of benzene rings is 1. The molecule has 132 valence electrons. The fourth-order valence-electron chi connectivity index (χ4n) is 2.17. The zero-order chi connectivity index (χ0) is 18.4. The summed E-state index contributed by atoms with van der Waals surface area (Å²) in [6.45, 7) is 4.60. The van der Waals surface area contributed by atoms with E-state index in [-0.39, 0.29) is 11.7 Å². The van der Waals surface area contributed by atoms with Gasteiger partial charge in [-0.3, -0.25) is 9.59 Å². The summed E-state index contributed by atoms with van der Waals surface area (Å²) < 4.78 is 0. The number of nitrogens with zero attached hydrogens (tertiary/aromatic N) is 3. The second kappa shape index (κ2) is 8.34. The maximum Gasteiger partial charge on any atom is 0.270 e. The number of aromatic nitrogens is 2. The average molecular weight is 341 g/mol. The van der Waals surface area contributed by atoms with Crippen LogP contribution in [0.2, 0.25) is 0 Å². The van der Waals surface area contributed by atoms with Crippen LogP contribution in [0.25, 0.3) is 0 Å². The molecule has 0 atom stereocenters. The Morgan fingerprint density at radius 3 is 2.60 bits per heavy atom. The van der Waals surface area contributed by atoms with Crippen LogP contribution in [0.3, 0.4) is 0 Å². The van der Waals surface area contributed by atoms with E-state index in [1.165, 1.54) is 6.92 Å². The van der Waals surface area contributed by atoms with E-state index >= 15 is 0 Å². The molecule has 2 rings (SSSR count). The minimum atomic E-state index is -0.243. The van der Waals surface area contributed by atoms with Crippen molar-refractivity contribution in [1.82, 2.24) is 20.2 Å². The Balaban J connectivity index is 2.14. The van der Waals surface area contributed by atoms with E-state index in [0.717, 1.165) is 6.54 Å². The van der Waals surface area contributed by atoms with Gasteiger partial charge in [-0.05, 0) is 46.1 Å². The number of aryl methyl sites for hydroxylation is 1. The van der Waals surface area contributed by atoms with Gasteiger partial charge in [0, 0.05) is 30.0 Å². The third kappa shape index (κ3) is 5.65. The third-order valence-corrected chi connectivity index (χ3v) is 3.46. The van der Waals surface area contributed by atoms with Crippen LogP contribution in [-0.4, -0.2) is 53.7 Å². The van der Waals surface area contributed by atoms with Crippen LogP contribution in [0, 0.1) is 6.92 Å². The maximum absolute atomic E-state index is 12.2. The van der Waals surface area contributed by atoms with E-state index in [0.29, 0.717) is 35.1 Å². The highest BCUT2D eigenvalue weighted by Crippen LogP contribution is 2.16. The number of amides is 1. The zero-order valence-corrected chi connectivity index (χ0v) is 15.0. The second-order valence-electron chi connectivity index (χ2n) is 6.04. The number of rotatable bonds is 7. The molecule has 0 saturated carbocycles. The molecule has 0 unspecified atom stereocenters. The number of nitrogens with one attached hydrogen (secondary N) is 2. The first kappa shape index (κ1) is 18.5. The molecular weight excluding hydrogens is 318 g/mol. The predicted molar refractivity (Wildman–Crippen MR) is 97.4 cm³/mol. The van der Waals surface area contributed by atoms with Crippen LogP contribution >= 0.6 is 0 Å². The summed E-state index contributed by atoms with van der Waals surface area (Å²) >= 11 is 0. The van der Waals surface area contributed by atoms with Crippen molar-refractivity contribution in [2.24, 2.45) is 0 Å². The topological polar surface area (TPSA) is 87.2 Å². The van der Waals surface area contributed by atoms with E-state index in [1.54, 1.807) is 31.2 Å². The summed E-state index contributed by atoms with van der Waals surface area (Å²) in [5.41, 5.74) is 2.27. The number of hydrogen-bond acceptors (Lipinski definition) is 6. The fraction of sp³-hybridized carbons (Fsp3) is 0.333. The van der Waals surface area contributed by atoms with Gasteiger partial charge in [-0.1, -0.05) is 12.1 Å². The van der Waals surface area contributed by atoms with Gasteiger partial charge in [0.05, 0.1) is 0 Å². The Morgan fingerprint density at radius 2 is 1.92 bits per heavy atom. The number of hydrogen-bond donors (Lipinski definition) is 2. The number of carbonyl (C=O) groups is 2. The molecule has 1 aromatic heterocycles. The molecular formula is C18H23N5O2.